The van der Waals surface area contributed by atoms with Gasteiger partial charge in [-0.2, -0.15) is 0 Å². The van der Waals surface area contributed by atoms with E-state index >= 15 is 0 Å². The zero-order valence-electron chi connectivity index (χ0n) is 24.8. The van der Waals surface area contributed by atoms with Crippen molar-refractivity contribution in [2.75, 3.05) is 19.8 Å². The molecule has 2 atom stereocenters. The molecule has 222 valence electrons. The molecule has 0 unspecified atom stereocenters. The van der Waals surface area contributed by atoms with Crippen LogP contribution in [0.1, 0.15) is 98.9 Å². The highest BCUT2D eigenvalue weighted by atomic mass is 16.7. The van der Waals surface area contributed by atoms with E-state index in [2.05, 4.69) is 18.3 Å². The van der Waals surface area contributed by atoms with Gasteiger partial charge in [-0.15, -0.1) is 0 Å². The number of unbranched alkanes of at least 4 members (excludes halogenated alkanes) is 3. The molecule has 3 aliphatic rings. The van der Waals surface area contributed by atoms with Gasteiger partial charge < -0.3 is 25.6 Å². The van der Waals surface area contributed by atoms with Crippen LogP contribution in [0.2, 0.25) is 0 Å². The fraction of sp³-hybridized carbons (Fsp3) is 0.545. The summed E-state index contributed by atoms with van der Waals surface area (Å²) in [7, 11) is 0. The number of hydrogen-bond acceptors (Lipinski definition) is 8. The van der Waals surface area contributed by atoms with E-state index in [1.165, 1.54) is 0 Å². The van der Waals surface area contributed by atoms with E-state index in [1.807, 2.05) is 32.9 Å². The summed E-state index contributed by atoms with van der Waals surface area (Å²) in [5, 5.41) is 13.4. The third-order valence-electron chi connectivity index (χ3n) is 8.37. The highest BCUT2D eigenvalue weighted by Gasteiger charge is 2.85. The monoisotopic (exact) mass is 564 g/mol. The molecule has 1 aliphatic carbocycles. The van der Waals surface area contributed by atoms with Crippen molar-refractivity contribution in [2.45, 2.75) is 90.3 Å². The number of Topliss-reactive ketones (excluding diaryl/α,β-unsaturated/α-hetero) is 2. The molecule has 4 N–H and O–H groups in total. The summed E-state index contributed by atoms with van der Waals surface area (Å²) in [4.78, 5) is 42.1. The van der Waals surface area contributed by atoms with Crippen molar-refractivity contribution in [3.8, 4) is 0 Å². The topological polar surface area (TPSA) is 131 Å². The third kappa shape index (κ3) is 5.90. The van der Waals surface area contributed by atoms with Crippen molar-refractivity contribution < 1.29 is 29.0 Å². The number of allylic oxidation sites excluding steroid dienone is 3. The van der Waals surface area contributed by atoms with Crippen LogP contribution in [0.25, 0.3) is 0 Å². The van der Waals surface area contributed by atoms with Gasteiger partial charge in [-0.05, 0) is 61.3 Å². The van der Waals surface area contributed by atoms with Crippen LogP contribution in [0.15, 0.2) is 52.9 Å². The minimum atomic E-state index is -2.04. The quantitative estimate of drug-likeness (QED) is 0.0974. The molecule has 2 heterocycles. The minimum Gasteiger partial charge on any atom is -0.463 e. The summed E-state index contributed by atoms with van der Waals surface area (Å²) in [6.07, 6.45) is 9.42. The van der Waals surface area contributed by atoms with E-state index < -0.39 is 28.7 Å². The normalized spacial score (nSPS) is 23.7. The summed E-state index contributed by atoms with van der Waals surface area (Å²) in [5.41, 5.74) is 5.93. The maximum atomic E-state index is 14.2. The Kier molecular flexibility index (Phi) is 9.55. The Morgan fingerprint density at radius 1 is 1.20 bits per heavy atom. The molecule has 0 bridgehead atoms. The molecule has 4 rings (SSSR count). The van der Waals surface area contributed by atoms with Crippen LogP contribution in [0.5, 0.6) is 0 Å². The average Bonchev–Trinajstić information content (AvgIpc) is 3.64. The van der Waals surface area contributed by atoms with Gasteiger partial charge in [-0.3, -0.25) is 9.59 Å². The number of dihydropyridines is 1. The molecule has 0 spiro atoms. The van der Waals surface area contributed by atoms with E-state index in [1.54, 1.807) is 12.1 Å². The molecule has 1 aromatic rings. The summed E-state index contributed by atoms with van der Waals surface area (Å²) in [6, 6.07) is 5.25. The lowest BCUT2D eigenvalue weighted by atomic mass is 9.69. The van der Waals surface area contributed by atoms with Gasteiger partial charge in [0.15, 0.2) is 11.4 Å². The van der Waals surface area contributed by atoms with Crippen molar-refractivity contribution in [1.29, 1.82) is 0 Å². The molecule has 1 fully saturated rings. The summed E-state index contributed by atoms with van der Waals surface area (Å²) < 4.78 is 11.7. The number of nitrogens with two attached hydrogens (primary N) is 1. The van der Waals surface area contributed by atoms with E-state index in [4.69, 9.17) is 15.2 Å². The second kappa shape index (κ2) is 12.7. The molecule has 0 amide bonds. The maximum Gasteiger partial charge on any atom is 0.350 e. The predicted octanol–water partition coefficient (Wildman–Crippen LogP) is 4.70. The summed E-state index contributed by atoms with van der Waals surface area (Å²) in [6.45, 7) is 8.57. The van der Waals surface area contributed by atoms with Crippen molar-refractivity contribution in [1.82, 2.24) is 5.32 Å². The number of aliphatic hydroxyl groups excluding tert-OH is 1. The Morgan fingerprint density at radius 2 is 1.98 bits per heavy atom. The van der Waals surface area contributed by atoms with Crippen molar-refractivity contribution >= 4 is 17.5 Å². The number of carbonyl (C=O) groups excluding carboxylic acids is 3. The van der Waals surface area contributed by atoms with Crippen LogP contribution in [0.4, 0.5) is 0 Å². The first-order chi connectivity index (χ1) is 19.6. The Hall–Kier alpha value is -3.23. The van der Waals surface area contributed by atoms with Crippen molar-refractivity contribution in [2.24, 2.45) is 11.7 Å². The maximum absolute atomic E-state index is 14.2. The smallest absolute Gasteiger partial charge is 0.350 e. The molecular weight excluding hydrogens is 520 g/mol. The highest BCUT2D eigenvalue weighted by molar-refractivity contribution is 6.33. The molecule has 2 aliphatic heterocycles. The number of epoxide rings is 1. The van der Waals surface area contributed by atoms with Gasteiger partial charge >= 0.3 is 5.97 Å². The Balaban J connectivity index is 1.67. The fourth-order valence-corrected chi connectivity index (χ4v) is 6.00. The molecule has 1 saturated heterocycles. The number of nitrogens with one attached hydrogen (secondary N) is 1. The number of fused-ring (bicyclic) bond motifs is 2. The third-order valence-corrected chi connectivity index (χ3v) is 8.37. The number of esters is 1. The second-order valence-electron chi connectivity index (χ2n) is 11.9. The van der Waals surface area contributed by atoms with Gasteiger partial charge in [0.2, 0.25) is 5.78 Å². The number of carbonyl (C=O) groups is 3. The van der Waals surface area contributed by atoms with Crippen molar-refractivity contribution in [3.63, 3.8) is 0 Å². The number of ether oxygens (including phenoxy) is 2. The lowest BCUT2D eigenvalue weighted by molar-refractivity contribution is -0.148. The average molecular weight is 565 g/mol. The van der Waals surface area contributed by atoms with E-state index in [9.17, 15) is 19.5 Å². The Labute approximate surface area is 243 Å². The lowest BCUT2D eigenvalue weighted by Gasteiger charge is -2.27. The standard InChI is InChI=1S/C33H44N2O6/c1-5-6-7-8-16-40-31(39)33-30(38)28-24(17-21(2)3)10-9-11-26(28)29(37)32(33,41-33)19-25(20-36)22(4)12-13-23-14-15-35-27(34)18-23/h9-11,14,18,21,35-36H,5-8,12-13,15-17,19-20,34H2,1-4H3/b25-22-/t32-,33-/m0/s1. The van der Waals surface area contributed by atoms with Crippen LogP contribution in [0.3, 0.4) is 0 Å². The first-order valence-corrected chi connectivity index (χ1v) is 14.9. The van der Waals surface area contributed by atoms with E-state index in [0.29, 0.717) is 43.6 Å². The van der Waals surface area contributed by atoms with Gasteiger partial charge in [0, 0.05) is 24.1 Å². The van der Waals surface area contributed by atoms with Crippen LogP contribution in [-0.4, -0.2) is 53.6 Å². The Morgan fingerprint density at radius 3 is 2.66 bits per heavy atom. The molecule has 0 aromatic heterocycles. The summed E-state index contributed by atoms with van der Waals surface area (Å²) in [5.74, 6) is -0.887. The largest absolute Gasteiger partial charge is 0.463 e. The molecule has 0 radical (unpaired) electrons. The zero-order chi connectivity index (χ0) is 29.8. The summed E-state index contributed by atoms with van der Waals surface area (Å²) >= 11 is 0. The van der Waals surface area contributed by atoms with Crippen molar-refractivity contribution in [3.05, 3.63) is 69.6 Å². The number of ketones is 2. The van der Waals surface area contributed by atoms with Gasteiger partial charge in [0.25, 0.3) is 5.60 Å². The van der Waals surface area contributed by atoms with Gasteiger partial charge in [0.05, 0.1) is 19.0 Å². The molecule has 0 saturated carbocycles. The molecule has 41 heavy (non-hydrogen) atoms. The van der Waals surface area contributed by atoms with Gasteiger partial charge in [0.1, 0.15) is 0 Å². The fourth-order valence-electron chi connectivity index (χ4n) is 6.00. The van der Waals surface area contributed by atoms with Gasteiger partial charge in [-0.25, -0.2) is 4.79 Å². The minimum absolute atomic E-state index is 0.0583. The van der Waals surface area contributed by atoms with Gasteiger partial charge in [-0.1, -0.05) is 69.9 Å². The molecule has 8 heteroatoms. The van der Waals surface area contributed by atoms with E-state index in [0.717, 1.165) is 36.0 Å². The zero-order valence-corrected chi connectivity index (χ0v) is 24.8. The van der Waals surface area contributed by atoms with Crippen LogP contribution < -0.4 is 11.1 Å². The number of aliphatic hydroxyl groups is 1. The molecular formula is C33H44N2O6. The second-order valence-corrected chi connectivity index (χ2v) is 11.9. The predicted molar refractivity (Wildman–Crippen MR) is 157 cm³/mol. The van der Waals surface area contributed by atoms with Crippen LogP contribution >= 0.6 is 0 Å². The highest BCUT2D eigenvalue weighted by Crippen LogP contribution is 2.60. The van der Waals surface area contributed by atoms with Crippen LogP contribution in [-0.2, 0) is 20.7 Å². The molecule has 8 nitrogen and oxygen atoms in total. The molecule has 1 aromatic carbocycles. The number of rotatable bonds is 14. The van der Waals surface area contributed by atoms with Crippen LogP contribution in [0, 0.1) is 5.92 Å². The number of benzene rings is 1. The first kappa shape index (κ1) is 30.7. The first-order valence-electron chi connectivity index (χ1n) is 14.9. The number of hydrogen-bond donors (Lipinski definition) is 3. The lowest BCUT2D eigenvalue weighted by Crippen LogP contribution is -2.51. The SMILES string of the molecule is CCCCCCOC(=O)[C@]12O[C@@]1(C/C(CO)=C(\C)CCC1=CCNC(N)=C1)C(=O)c1cccc(CC(C)C)c1C2=O. The van der Waals surface area contributed by atoms with E-state index in [-0.39, 0.29) is 36.7 Å². The Bertz CT molecular complexity index is 1290.